The normalized spacial score (nSPS) is 15.8. The topological polar surface area (TPSA) is 63.7 Å². The molecule has 0 radical (unpaired) electrons. The van der Waals surface area contributed by atoms with Gasteiger partial charge in [0.1, 0.15) is 0 Å². The molecule has 1 atom stereocenters. The number of likely N-dealkylation sites (tertiary alicyclic amines) is 1. The molecule has 0 N–H and O–H groups in total. The van der Waals surface area contributed by atoms with E-state index in [0.717, 1.165) is 4.90 Å². The molecule has 1 aromatic carbocycles. The van der Waals surface area contributed by atoms with Crippen LogP contribution in [-0.4, -0.2) is 34.8 Å². The molecule has 1 aliphatic rings. The fraction of sp³-hybridized carbons (Fsp3) is 0.250. The van der Waals surface area contributed by atoms with Crippen molar-refractivity contribution in [2.24, 2.45) is 0 Å². The third-order valence-corrected chi connectivity index (χ3v) is 2.97. The van der Waals surface area contributed by atoms with Crippen LogP contribution in [0.1, 0.15) is 16.8 Å². The summed E-state index contributed by atoms with van der Waals surface area (Å²) >= 11 is 5.74. The summed E-state index contributed by atoms with van der Waals surface area (Å²) in [5.41, 5.74) is -0.983. The molecule has 1 amide bonds. The van der Waals surface area contributed by atoms with E-state index in [-0.39, 0.29) is 11.5 Å². The number of ether oxygens (including phenoxy) is 1. The summed E-state index contributed by atoms with van der Waals surface area (Å²) in [6.07, 6.45) is 0.364. The van der Waals surface area contributed by atoms with E-state index in [0.29, 0.717) is 13.0 Å². The molecule has 2 rings (SSSR count). The average molecular weight is 268 g/mol. The van der Waals surface area contributed by atoms with Gasteiger partial charge >= 0.3 is 11.9 Å². The molecule has 0 saturated carbocycles. The molecule has 18 heavy (non-hydrogen) atoms. The third-order valence-electron chi connectivity index (χ3n) is 2.56. The second-order valence-corrected chi connectivity index (χ2v) is 4.16. The third kappa shape index (κ3) is 2.51. The minimum absolute atomic E-state index is 0.223. The van der Waals surface area contributed by atoms with Crippen LogP contribution in [0.3, 0.4) is 0 Å². The van der Waals surface area contributed by atoms with Gasteiger partial charge in [0.2, 0.25) is 11.4 Å². The Morgan fingerprint density at radius 1 is 1.28 bits per heavy atom. The lowest BCUT2D eigenvalue weighted by Crippen LogP contribution is -2.51. The van der Waals surface area contributed by atoms with E-state index < -0.39 is 17.4 Å². The largest absolute Gasteiger partial charge is 0.387 e. The molecule has 1 aliphatic heterocycles. The fourth-order valence-corrected chi connectivity index (χ4v) is 1.72. The van der Waals surface area contributed by atoms with Gasteiger partial charge in [0.05, 0.1) is 5.56 Å². The number of alkyl halides is 1. The summed E-state index contributed by atoms with van der Waals surface area (Å²) in [4.78, 5) is 35.3. The van der Waals surface area contributed by atoms with Crippen LogP contribution in [-0.2, 0) is 14.3 Å². The van der Waals surface area contributed by atoms with E-state index in [1.54, 1.807) is 18.2 Å². The standard InChI is InChI=1S/C12H10ClNO4/c13-10(14-7-6-9(14)15)12(17)18-11(16)8-4-2-1-3-5-8/h1-5,10H,6-7H2. The smallest absolute Gasteiger partial charge is 0.352 e. The van der Waals surface area contributed by atoms with E-state index >= 15 is 0 Å². The Morgan fingerprint density at radius 2 is 1.94 bits per heavy atom. The van der Waals surface area contributed by atoms with E-state index in [1.807, 2.05) is 0 Å². The maximum Gasteiger partial charge on any atom is 0.352 e. The zero-order chi connectivity index (χ0) is 13.1. The van der Waals surface area contributed by atoms with Gasteiger partial charge in [-0.25, -0.2) is 9.59 Å². The second-order valence-electron chi connectivity index (χ2n) is 3.75. The van der Waals surface area contributed by atoms with Gasteiger partial charge in [-0.05, 0) is 12.1 Å². The van der Waals surface area contributed by atoms with Gasteiger partial charge in [0, 0.05) is 13.0 Å². The van der Waals surface area contributed by atoms with Crippen LogP contribution < -0.4 is 0 Å². The van der Waals surface area contributed by atoms with Crippen LogP contribution >= 0.6 is 11.6 Å². The van der Waals surface area contributed by atoms with Crippen LogP contribution in [0, 0.1) is 0 Å². The lowest BCUT2D eigenvalue weighted by molar-refractivity contribution is -0.152. The van der Waals surface area contributed by atoms with Crippen LogP contribution in [0.4, 0.5) is 0 Å². The Hall–Kier alpha value is -1.88. The van der Waals surface area contributed by atoms with Crippen molar-refractivity contribution in [2.45, 2.75) is 11.9 Å². The lowest BCUT2D eigenvalue weighted by atomic mass is 10.2. The molecule has 94 valence electrons. The molecular formula is C12H10ClNO4. The zero-order valence-electron chi connectivity index (χ0n) is 9.34. The first-order valence-corrected chi connectivity index (χ1v) is 5.78. The number of β-lactam (4-membered cyclic amide) rings is 1. The molecule has 1 aromatic rings. The summed E-state index contributed by atoms with van der Waals surface area (Å²) in [6.45, 7) is 0.404. The Kier molecular flexibility index (Phi) is 3.62. The van der Waals surface area contributed by atoms with Crippen molar-refractivity contribution in [3.05, 3.63) is 35.9 Å². The van der Waals surface area contributed by atoms with Gasteiger partial charge in [-0.2, -0.15) is 0 Å². The molecule has 0 aliphatic carbocycles. The Labute approximate surface area is 108 Å². The van der Waals surface area contributed by atoms with Crippen molar-refractivity contribution in [2.75, 3.05) is 6.54 Å². The van der Waals surface area contributed by atoms with Gasteiger partial charge in [0.15, 0.2) is 0 Å². The number of carbonyl (C=O) groups is 3. The molecule has 1 unspecified atom stereocenters. The molecule has 6 heteroatoms. The predicted octanol–water partition coefficient (Wildman–Crippen LogP) is 1.17. The lowest BCUT2D eigenvalue weighted by Gasteiger charge is -2.32. The number of nitrogens with zero attached hydrogens (tertiary/aromatic N) is 1. The van der Waals surface area contributed by atoms with Crippen molar-refractivity contribution in [3.8, 4) is 0 Å². The van der Waals surface area contributed by atoms with Crippen molar-refractivity contribution in [1.29, 1.82) is 0 Å². The number of halogens is 1. The predicted molar refractivity (Wildman–Crippen MR) is 62.8 cm³/mol. The van der Waals surface area contributed by atoms with Crippen molar-refractivity contribution >= 4 is 29.4 Å². The van der Waals surface area contributed by atoms with Crippen LogP contribution in [0.15, 0.2) is 30.3 Å². The minimum Gasteiger partial charge on any atom is -0.387 e. The number of amides is 1. The molecule has 1 saturated heterocycles. The van der Waals surface area contributed by atoms with E-state index in [1.165, 1.54) is 12.1 Å². The summed E-state index contributed by atoms with van der Waals surface area (Å²) in [5, 5.41) is 0. The monoisotopic (exact) mass is 267 g/mol. The van der Waals surface area contributed by atoms with Gasteiger partial charge in [0.25, 0.3) is 0 Å². The maximum atomic E-state index is 11.6. The van der Waals surface area contributed by atoms with Crippen LogP contribution in [0.25, 0.3) is 0 Å². The molecule has 1 heterocycles. The first-order valence-electron chi connectivity index (χ1n) is 5.34. The van der Waals surface area contributed by atoms with Gasteiger partial charge in [-0.15, -0.1) is 0 Å². The number of hydrogen-bond donors (Lipinski definition) is 0. The molecule has 0 bridgehead atoms. The van der Waals surface area contributed by atoms with Gasteiger partial charge < -0.3 is 9.64 Å². The highest BCUT2D eigenvalue weighted by Crippen LogP contribution is 2.17. The Balaban J connectivity index is 1.95. The summed E-state index contributed by atoms with van der Waals surface area (Å²) in [6, 6.07) is 8.08. The molecular weight excluding hydrogens is 258 g/mol. The summed E-state index contributed by atoms with van der Waals surface area (Å²) in [5.74, 6) is -1.93. The number of rotatable bonds is 3. The quantitative estimate of drug-likeness (QED) is 0.271. The highest BCUT2D eigenvalue weighted by Gasteiger charge is 2.36. The van der Waals surface area contributed by atoms with Crippen molar-refractivity contribution < 1.29 is 19.1 Å². The Morgan fingerprint density at radius 3 is 2.44 bits per heavy atom. The first kappa shape index (κ1) is 12.6. The molecule has 0 aromatic heterocycles. The summed E-state index contributed by atoms with van der Waals surface area (Å²) < 4.78 is 4.60. The summed E-state index contributed by atoms with van der Waals surface area (Å²) in [7, 11) is 0. The van der Waals surface area contributed by atoms with Crippen molar-refractivity contribution in [3.63, 3.8) is 0 Å². The highest BCUT2D eigenvalue weighted by molar-refractivity contribution is 6.31. The van der Waals surface area contributed by atoms with E-state index in [9.17, 15) is 14.4 Å². The minimum atomic E-state index is -1.24. The molecule has 1 fully saturated rings. The highest BCUT2D eigenvalue weighted by atomic mass is 35.5. The number of esters is 2. The number of hydrogen-bond acceptors (Lipinski definition) is 4. The average Bonchev–Trinajstić information content (AvgIpc) is 2.37. The Bertz CT molecular complexity index is 488. The SMILES string of the molecule is O=C(OC(=O)C(Cl)N1CCC1=O)c1ccccc1. The van der Waals surface area contributed by atoms with Crippen LogP contribution in [0.5, 0.6) is 0 Å². The van der Waals surface area contributed by atoms with Gasteiger partial charge in [-0.1, -0.05) is 29.8 Å². The van der Waals surface area contributed by atoms with E-state index in [4.69, 9.17) is 11.6 Å². The fourth-order valence-electron chi connectivity index (χ4n) is 1.47. The number of benzene rings is 1. The van der Waals surface area contributed by atoms with Crippen LogP contribution in [0.2, 0.25) is 0 Å². The number of carbonyl (C=O) groups excluding carboxylic acids is 3. The van der Waals surface area contributed by atoms with E-state index in [2.05, 4.69) is 4.74 Å². The zero-order valence-corrected chi connectivity index (χ0v) is 10.1. The maximum absolute atomic E-state index is 11.6. The molecule has 0 spiro atoms. The first-order chi connectivity index (χ1) is 8.59. The van der Waals surface area contributed by atoms with Gasteiger partial charge in [-0.3, -0.25) is 4.79 Å². The second kappa shape index (κ2) is 5.18. The molecule has 5 nitrogen and oxygen atoms in total. The van der Waals surface area contributed by atoms with Crippen molar-refractivity contribution in [1.82, 2.24) is 4.90 Å².